The smallest absolute Gasteiger partial charge is 0.303 e. The molecule has 7 heteroatoms. The molecule has 0 spiro atoms. The van der Waals surface area contributed by atoms with E-state index in [4.69, 9.17) is 0 Å². The minimum absolute atomic E-state index is 0.00370. The molecular formula is C11H12F3N3O. The summed E-state index contributed by atoms with van der Waals surface area (Å²) >= 11 is 0. The van der Waals surface area contributed by atoms with Crippen molar-refractivity contribution in [2.24, 2.45) is 0 Å². The van der Waals surface area contributed by atoms with Gasteiger partial charge in [-0.2, -0.15) is 13.2 Å². The first-order valence-corrected chi connectivity index (χ1v) is 5.29. The van der Waals surface area contributed by atoms with Crippen LogP contribution in [-0.4, -0.2) is 14.4 Å². The lowest BCUT2D eigenvalue weighted by Gasteiger charge is -2.13. The van der Waals surface area contributed by atoms with E-state index in [9.17, 15) is 18.0 Å². The Hall–Kier alpha value is -1.79. The zero-order valence-corrected chi connectivity index (χ0v) is 10.1. The first-order valence-electron chi connectivity index (χ1n) is 5.29. The van der Waals surface area contributed by atoms with Crippen molar-refractivity contribution in [3.05, 3.63) is 34.1 Å². The summed E-state index contributed by atoms with van der Waals surface area (Å²) in [5.74, 6) is 0. The van der Waals surface area contributed by atoms with Crippen LogP contribution in [0.2, 0.25) is 0 Å². The summed E-state index contributed by atoms with van der Waals surface area (Å²) < 4.78 is 38.7. The van der Waals surface area contributed by atoms with Crippen molar-refractivity contribution in [3.63, 3.8) is 0 Å². The number of aromatic nitrogens is 3. The van der Waals surface area contributed by atoms with Crippen molar-refractivity contribution in [3.8, 4) is 0 Å². The Kier molecular flexibility index (Phi) is 2.53. The van der Waals surface area contributed by atoms with Crippen molar-refractivity contribution in [2.45, 2.75) is 32.4 Å². The van der Waals surface area contributed by atoms with Gasteiger partial charge < -0.3 is 4.98 Å². The number of imidazole rings is 1. The highest BCUT2D eigenvalue weighted by Gasteiger charge is 2.33. The number of halogens is 3. The zero-order chi connectivity index (χ0) is 13.7. The van der Waals surface area contributed by atoms with Crippen LogP contribution >= 0.6 is 0 Å². The zero-order valence-electron chi connectivity index (χ0n) is 10.1. The molecule has 1 N–H and O–H groups in total. The molecule has 4 nitrogen and oxygen atoms in total. The first kappa shape index (κ1) is 12.7. The molecule has 0 unspecified atom stereocenters. The van der Waals surface area contributed by atoms with E-state index in [0.29, 0.717) is 5.69 Å². The summed E-state index contributed by atoms with van der Waals surface area (Å²) in [6.07, 6.45) is -3.14. The number of rotatable bonds is 0. The number of alkyl halides is 3. The van der Waals surface area contributed by atoms with Crippen LogP contribution in [0.4, 0.5) is 13.2 Å². The number of nitrogens with zero attached hydrogens (tertiary/aromatic N) is 2. The van der Waals surface area contributed by atoms with Crippen LogP contribution < -0.4 is 5.69 Å². The lowest BCUT2D eigenvalue weighted by molar-refractivity contribution is -0.141. The Labute approximate surface area is 100 Å². The highest BCUT2D eigenvalue weighted by molar-refractivity contribution is 5.42. The van der Waals surface area contributed by atoms with Crippen molar-refractivity contribution < 1.29 is 13.2 Å². The molecule has 0 aromatic carbocycles. The average molecular weight is 259 g/mol. The molecule has 2 heterocycles. The molecule has 0 bridgehead atoms. The maximum absolute atomic E-state index is 12.5. The highest BCUT2D eigenvalue weighted by Crippen LogP contribution is 2.28. The van der Waals surface area contributed by atoms with E-state index in [-0.39, 0.29) is 11.1 Å². The van der Waals surface area contributed by atoms with Crippen molar-refractivity contribution in [2.75, 3.05) is 0 Å². The van der Waals surface area contributed by atoms with E-state index in [1.807, 2.05) is 20.8 Å². The summed E-state index contributed by atoms with van der Waals surface area (Å²) in [5.41, 5.74) is -1.71. The Balaban J connectivity index is 2.71. The van der Waals surface area contributed by atoms with Gasteiger partial charge in [-0.15, -0.1) is 0 Å². The summed E-state index contributed by atoms with van der Waals surface area (Å²) in [5, 5.41) is 0. The van der Waals surface area contributed by atoms with Gasteiger partial charge in [-0.25, -0.2) is 9.78 Å². The van der Waals surface area contributed by atoms with Crippen LogP contribution in [0.15, 0.2) is 17.1 Å². The summed E-state index contributed by atoms with van der Waals surface area (Å²) in [6.45, 7) is 5.61. The predicted octanol–water partition coefficient (Wildman–Crippen LogP) is 2.34. The van der Waals surface area contributed by atoms with Crippen LogP contribution in [-0.2, 0) is 11.6 Å². The number of hydrogen-bond donors (Lipinski definition) is 1. The molecule has 0 radical (unpaired) electrons. The Morgan fingerprint density at radius 2 is 1.89 bits per heavy atom. The molecule has 0 saturated carbocycles. The topological polar surface area (TPSA) is 50.2 Å². The van der Waals surface area contributed by atoms with Crippen LogP contribution in [0.1, 0.15) is 32.2 Å². The second-order valence-corrected chi connectivity index (χ2v) is 5.09. The molecule has 0 atom stereocenters. The summed E-state index contributed by atoms with van der Waals surface area (Å²) in [7, 11) is 0. The number of aromatic amines is 1. The third kappa shape index (κ3) is 2.12. The third-order valence-electron chi connectivity index (χ3n) is 2.54. The van der Waals surface area contributed by atoms with Gasteiger partial charge in [0.15, 0.2) is 0 Å². The van der Waals surface area contributed by atoms with Crippen LogP contribution in [0.5, 0.6) is 0 Å². The Bertz CT molecular complexity index is 646. The van der Waals surface area contributed by atoms with Gasteiger partial charge in [0.25, 0.3) is 0 Å². The standard InChI is InChI=1S/C11H12F3N3O/c1-10(2,3)7-5-17-8(15-7)4-6(11(12,13)14)16-9(17)18/h4-5H,1-3H3,(H,16,18). The molecule has 98 valence electrons. The number of nitrogens with one attached hydrogen (secondary N) is 1. The quantitative estimate of drug-likeness (QED) is 0.789. The van der Waals surface area contributed by atoms with Crippen molar-refractivity contribution in [1.82, 2.24) is 14.4 Å². The van der Waals surface area contributed by atoms with Crippen LogP contribution in [0.3, 0.4) is 0 Å². The van der Waals surface area contributed by atoms with Crippen molar-refractivity contribution >= 4 is 5.65 Å². The maximum Gasteiger partial charge on any atom is 0.431 e. The number of hydrogen-bond acceptors (Lipinski definition) is 2. The fraction of sp³-hybridized carbons (Fsp3) is 0.455. The molecule has 2 rings (SSSR count). The van der Waals surface area contributed by atoms with E-state index in [0.717, 1.165) is 10.5 Å². The summed E-state index contributed by atoms with van der Waals surface area (Å²) in [6, 6.07) is 0.830. The SMILES string of the molecule is CC(C)(C)c1cn2c(=O)[nH]c(C(F)(F)F)cc2n1. The van der Waals surface area contributed by atoms with Gasteiger partial charge in [0.2, 0.25) is 0 Å². The number of H-pyrrole nitrogens is 1. The molecule has 2 aromatic heterocycles. The van der Waals surface area contributed by atoms with E-state index in [2.05, 4.69) is 4.98 Å². The maximum atomic E-state index is 12.5. The van der Waals surface area contributed by atoms with Crippen LogP contribution in [0.25, 0.3) is 5.65 Å². The van der Waals surface area contributed by atoms with E-state index in [1.54, 1.807) is 4.98 Å². The molecule has 18 heavy (non-hydrogen) atoms. The molecule has 0 fully saturated rings. The minimum atomic E-state index is -4.59. The molecule has 0 saturated heterocycles. The second kappa shape index (κ2) is 3.60. The van der Waals surface area contributed by atoms with Gasteiger partial charge in [-0.05, 0) is 0 Å². The lowest BCUT2D eigenvalue weighted by atomic mass is 9.93. The van der Waals surface area contributed by atoms with Gasteiger partial charge in [0.1, 0.15) is 11.3 Å². The van der Waals surface area contributed by atoms with Gasteiger partial charge in [-0.1, -0.05) is 20.8 Å². The average Bonchev–Trinajstić information content (AvgIpc) is 2.59. The normalized spacial score (nSPS) is 13.2. The molecule has 0 aliphatic rings. The number of fused-ring (bicyclic) bond motifs is 1. The fourth-order valence-electron chi connectivity index (χ4n) is 1.51. The van der Waals surface area contributed by atoms with Gasteiger partial charge >= 0.3 is 11.9 Å². The van der Waals surface area contributed by atoms with E-state index >= 15 is 0 Å². The molecule has 0 aliphatic carbocycles. The van der Waals surface area contributed by atoms with Gasteiger partial charge in [0.05, 0.1) is 5.69 Å². The minimum Gasteiger partial charge on any atom is -0.303 e. The molecular weight excluding hydrogens is 247 g/mol. The summed E-state index contributed by atoms with van der Waals surface area (Å²) in [4.78, 5) is 17.4. The highest BCUT2D eigenvalue weighted by atomic mass is 19.4. The fourth-order valence-corrected chi connectivity index (χ4v) is 1.51. The van der Waals surface area contributed by atoms with Gasteiger partial charge in [0, 0.05) is 17.7 Å². The molecule has 0 amide bonds. The van der Waals surface area contributed by atoms with E-state index in [1.165, 1.54) is 6.20 Å². The predicted molar refractivity (Wildman–Crippen MR) is 59.5 cm³/mol. The molecule has 2 aromatic rings. The van der Waals surface area contributed by atoms with Gasteiger partial charge in [-0.3, -0.25) is 4.40 Å². The largest absolute Gasteiger partial charge is 0.431 e. The van der Waals surface area contributed by atoms with E-state index < -0.39 is 17.6 Å². The Morgan fingerprint density at radius 3 is 2.39 bits per heavy atom. The first-order chi connectivity index (χ1) is 8.09. The van der Waals surface area contributed by atoms with Crippen LogP contribution in [0, 0.1) is 0 Å². The van der Waals surface area contributed by atoms with Crippen molar-refractivity contribution in [1.29, 1.82) is 0 Å². The Morgan fingerprint density at radius 1 is 1.28 bits per heavy atom. The second-order valence-electron chi connectivity index (χ2n) is 5.09. The lowest BCUT2D eigenvalue weighted by Crippen LogP contribution is -2.21. The third-order valence-corrected chi connectivity index (χ3v) is 2.54. The molecule has 0 aliphatic heterocycles. The monoisotopic (exact) mass is 259 g/mol.